The first-order valence-corrected chi connectivity index (χ1v) is 6.84. The molecule has 0 bridgehead atoms. The summed E-state index contributed by atoms with van der Waals surface area (Å²) in [4.78, 5) is 5.27. The SMILES string of the molecule is Cc1ncc(CNc2c(Cl)cc(F)cc2Br)s1. The molecule has 1 N–H and O–H groups in total. The zero-order chi connectivity index (χ0) is 12.4. The van der Waals surface area contributed by atoms with Crippen molar-refractivity contribution in [1.82, 2.24) is 4.98 Å². The fraction of sp³-hybridized carbons (Fsp3) is 0.182. The number of aryl methyl sites for hydroxylation is 1. The predicted octanol–water partition coefficient (Wildman–Crippen LogP) is 4.62. The Morgan fingerprint density at radius 3 is 2.88 bits per heavy atom. The number of aromatic nitrogens is 1. The summed E-state index contributed by atoms with van der Waals surface area (Å²) in [6.45, 7) is 2.57. The third-order valence-corrected chi connectivity index (χ3v) is 3.95. The zero-order valence-electron chi connectivity index (χ0n) is 8.93. The highest BCUT2D eigenvalue weighted by atomic mass is 79.9. The molecule has 1 aromatic carbocycles. The van der Waals surface area contributed by atoms with E-state index in [0.29, 0.717) is 21.7 Å². The number of hydrogen-bond acceptors (Lipinski definition) is 3. The number of nitrogens with one attached hydrogen (secondary N) is 1. The molecule has 0 aliphatic carbocycles. The first kappa shape index (κ1) is 12.8. The summed E-state index contributed by atoms with van der Waals surface area (Å²) in [6, 6.07) is 2.67. The Balaban J connectivity index is 2.14. The number of thiazole rings is 1. The maximum atomic E-state index is 13.0. The molecule has 0 amide bonds. The molecule has 2 aromatic rings. The minimum Gasteiger partial charge on any atom is -0.378 e. The molecule has 17 heavy (non-hydrogen) atoms. The van der Waals surface area contributed by atoms with Crippen molar-refractivity contribution in [1.29, 1.82) is 0 Å². The average molecular weight is 336 g/mol. The number of rotatable bonds is 3. The molecule has 0 spiro atoms. The Kier molecular flexibility index (Phi) is 4.01. The first-order valence-electron chi connectivity index (χ1n) is 4.86. The second-order valence-corrected chi connectivity index (χ2v) is 6.02. The fourth-order valence-electron chi connectivity index (χ4n) is 1.37. The van der Waals surface area contributed by atoms with Gasteiger partial charge in [0.25, 0.3) is 0 Å². The summed E-state index contributed by atoms with van der Waals surface area (Å²) in [5.74, 6) is -0.360. The summed E-state index contributed by atoms with van der Waals surface area (Å²) < 4.78 is 13.6. The van der Waals surface area contributed by atoms with Gasteiger partial charge in [-0.15, -0.1) is 11.3 Å². The maximum Gasteiger partial charge on any atom is 0.125 e. The van der Waals surface area contributed by atoms with E-state index < -0.39 is 0 Å². The molecule has 6 heteroatoms. The molecule has 90 valence electrons. The van der Waals surface area contributed by atoms with Crippen LogP contribution < -0.4 is 5.32 Å². The summed E-state index contributed by atoms with van der Waals surface area (Å²) >= 11 is 10.9. The minimum absolute atomic E-state index is 0.359. The van der Waals surface area contributed by atoms with E-state index in [4.69, 9.17) is 11.6 Å². The maximum absolute atomic E-state index is 13.0. The van der Waals surface area contributed by atoms with Gasteiger partial charge in [0.1, 0.15) is 5.82 Å². The van der Waals surface area contributed by atoms with Crippen LogP contribution in [0.25, 0.3) is 0 Å². The zero-order valence-corrected chi connectivity index (χ0v) is 12.1. The van der Waals surface area contributed by atoms with Crippen LogP contribution in [0.15, 0.2) is 22.8 Å². The Bertz CT molecular complexity index is 521. The molecule has 0 saturated carbocycles. The second-order valence-electron chi connectivity index (χ2n) is 3.44. The lowest BCUT2D eigenvalue weighted by molar-refractivity contribution is 0.627. The second kappa shape index (κ2) is 5.33. The Morgan fingerprint density at radius 1 is 1.53 bits per heavy atom. The van der Waals surface area contributed by atoms with Gasteiger partial charge in [-0.3, -0.25) is 0 Å². The predicted molar refractivity (Wildman–Crippen MR) is 73.3 cm³/mol. The molecule has 1 aromatic heterocycles. The van der Waals surface area contributed by atoms with Gasteiger partial charge in [-0.1, -0.05) is 11.6 Å². The number of anilines is 1. The summed E-state index contributed by atoms with van der Waals surface area (Å²) in [6.07, 6.45) is 1.82. The van der Waals surface area contributed by atoms with Gasteiger partial charge in [-0.25, -0.2) is 9.37 Å². The van der Waals surface area contributed by atoms with E-state index in [9.17, 15) is 4.39 Å². The van der Waals surface area contributed by atoms with Crippen LogP contribution in [0.4, 0.5) is 10.1 Å². The summed E-state index contributed by atoms with van der Waals surface area (Å²) in [5, 5.41) is 4.54. The highest BCUT2D eigenvalue weighted by molar-refractivity contribution is 9.10. The van der Waals surface area contributed by atoms with Gasteiger partial charge in [0, 0.05) is 15.5 Å². The van der Waals surface area contributed by atoms with Crippen LogP contribution in [-0.4, -0.2) is 4.98 Å². The molecule has 1 heterocycles. The van der Waals surface area contributed by atoms with Gasteiger partial charge in [0.05, 0.1) is 22.3 Å². The van der Waals surface area contributed by atoms with Crippen molar-refractivity contribution in [2.45, 2.75) is 13.5 Å². The third kappa shape index (κ3) is 3.18. The molecule has 0 aliphatic heterocycles. The van der Waals surface area contributed by atoms with Crippen LogP contribution >= 0.6 is 38.9 Å². The van der Waals surface area contributed by atoms with Gasteiger partial charge < -0.3 is 5.32 Å². The van der Waals surface area contributed by atoms with Crippen molar-refractivity contribution in [2.24, 2.45) is 0 Å². The lowest BCUT2D eigenvalue weighted by Gasteiger charge is -2.09. The number of nitrogens with zero attached hydrogens (tertiary/aromatic N) is 1. The lowest BCUT2D eigenvalue weighted by Crippen LogP contribution is -1.99. The molecule has 2 rings (SSSR count). The van der Waals surface area contributed by atoms with E-state index in [1.54, 1.807) is 11.3 Å². The standard InChI is InChI=1S/C11H9BrClFN2S/c1-6-15-4-8(17-6)5-16-11-9(12)2-7(14)3-10(11)13/h2-4,16H,5H2,1H3. The highest BCUT2D eigenvalue weighted by Crippen LogP contribution is 2.32. The van der Waals surface area contributed by atoms with E-state index >= 15 is 0 Å². The Labute approximate surface area is 116 Å². The normalized spacial score (nSPS) is 10.6. The molecule has 2 nitrogen and oxygen atoms in total. The van der Waals surface area contributed by atoms with E-state index in [-0.39, 0.29) is 5.82 Å². The highest BCUT2D eigenvalue weighted by Gasteiger charge is 2.08. The van der Waals surface area contributed by atoms with E-state index in [2.05, 4.69) is 26.2 Å². The van der Waals surface area contributed by atoms with E-state index in [1.807, 2.05) is 13.1 Å². The molecule has 0 atom stereocenters. The van der Waals surface area contributed by atoms with Gasteiger partial charge in [0.2, 0.25) is 0 Å². The van der Waals surface area contributed by atoms with Crippen LogP contribution in [0, 0.1) is 12.7 Å². The number of benzene rings is 1. The van der Waals surface area contributed by atoms with Crippen LogP contribution in [0.1, 0.15) is 9.88 Å². The third-order valence-electron chi connectivity index (χ3n) is 2.12. The minimum atomic E-state index is -0.360. The van der Waals surface area contributed by atoms with Crippen LogP contribution in [-0.2, 0) is 6.54 Å². The summed E-state index contributed by atoms with van der Waals surface area (Å²) in [7, 11) is 0. The van der Waals surface area contributed by atoms with Gasteiger partial charge in [-0.05, 0) is 35.0 Å². The average Bonchev–Trinajstić information content (AvgIpc) is 2.62. The van der Waals surface area contributed by atoms with Crippen molar-refractivity contribution in [3.05, 3.63) is 43.5 Å². The first-order chi connectivity index (χ1) is 8.06. The topological polar surface area (TPSA) is 24.9 Å². The van der Waals surface area contributed by atoms with E-state index in [1.165, 1.54) is 12.1 Å². The molecule has 0 unspecified atom stereocenters. The number of halogens is 3. The van der Waals surface area contributed by atoms with Crippen molar-refractivity contribution >= 4 is 44.6 Å². The molecular weight excluding hydrogens is 327 g/mol. The monoisotopic (exact) mass is 334 g/mol. The van der Waals surface area contributed by atoms with Crippen LogP contribution in [0.5, 0.6) is 0 Å². The van der Waals surface area contributed by atoms with Gasteiger partial charge in [-0.2, -0.15) is 0 Å². The molecule has 0 aliphatic rings. The lowest BCUT2D eigenvalue weighted by atomic mass is 10.3. The van der Waals surface area contributed by atoms with Crippen molar-refractivity contribution in [2.75, 3.05) is 5.32 Å². The van der Waals surface area contributed by atoms with Gasteiger partial charge >= 0.3 is 0 Å². The summed E-state index contributed by atoms with van der Waals surface area (Å²) in [5.41, 5.74) is 0.694. The van der Waals surface area contributed by atoms with Crippen LogP contribution in [0.2, 0.25) is 5.02 Å². The molecule has 0 fully saturated rings. The molecule has 0 saturated heterocycles. The van der Waals surface area contributed by atoms with Crippen molar-refractivity contribution in [3.63, 3.8) is 0 Å². The van der Waals surface area contributed by atoms with Crippen molar-refractivity contribution < 1.29 is 4.39 Å². The van der Waals surface area contributed by atoms with Crippen molar-refractivity contribution in [3.8, 4) is 0 Å². The molecular formula is C11H9BrClFN2S. The molecule has 0 radical (unpaired) electrons. The Hall–Kier alpha value is -0.650. The van der Waals surface area contributed by atoms with E-state index in [0.717, 1.165) is 9.88 Å². The fourth-order valence-corrected chi connectivity index (χ4v) is 3.07. The Morgan fingerprint density at radius 2 is 2.29 bits per heavy atom. The van der Waals surface area contributed by atoms with Gasteiger partial charge in [0.15, 0.2) is 0 Å². The van der Waals surface area contributed by atoms with Crippen LogP contribution in [0.3, 0.4) is 0 Å². The quantitative estimate of drug-likeness (QED) is 0.885. The number of hydrogen-bond donors (Lipinski definition) is 1. The smallest absolute Gasteiger partial charge is 0.125 e. The largest absolute Gasteiger partial charge is 0.378 e.